The van der Waals surface area contributed by atoms with Gasteiger partial charge in [0.05, 0.1) is 5.92 Å². The number of carbonyl (C=O) groups excluding carboxylic acids is 1. The lowest BCUT2D eigenvalue weighted by Crippen LogP contribution is -2.34. The molecule has 0 spiro atoms. The summed E-state index contributed by atoms with van der Waals surface area (Å²) in [6.45, 7) is -0.609. The summed E-state index contributed by atoms with van der Waals surface area (Å²) < 4.78 is 46.2. The zero-order chi connectivity index (χ0) is 17.5. The molecule has 1 atom stereocenters. The van der Waals surface area contributed by atoms with Crippen LogP contribution in [0.15, 0.2) is 24.3 Å². The zero-order valence-corrected chi connectivity index (χ0v) is 12.2. The van der Waals surface area contributed by atoms with Gasteiger partial charge >= 0.3 is 12.1 Å². The van der Waals surface area contributed by atoms with E-state index in [0.717, 1.165) is 0 Å². The molecule has 2 N–H and O–H groups in total. The highest BCUT2D eigenvalue weighted by Gasteiger charge is 2.29. The maximum atomic E-state index is 12.2. The predicted molar refractivity (Wildman–Crippen MR) is 73.3 cm³/mol. The van der Waals surface area contributed by atoms with Crippen molar-refractivity contribution in [3.8, 4) is 11.5 Å². The quantitative estimate of drug-likeness (QED) is 0.757. The van der Waals surface area contributed by atoms with Crippen LogP contribution < -0.4 is 14.8 Å². The topological polar surface area (TPSA) is 84.9 Å². The Morgan fingerprint density at radius 2 is 1.78 bits per heavy atom. The van der Waals surface area contributed by atoms with Crippen molar-refractivity contribution in [1.29, 1.82) is 0 Å². The van der Waals surface area contributed by atoms with Gasteiger partial charge in [0.25, 0.3) is 5.91 Å². The van der Waals surface area contributed by atoms with Crippen LogP contribution in [0, 0.1) is 5.92 Å². The molecule has 0 aliphatic carbocycles. The first-order valence-corrected chi connectivity index (χ1v) is 6.60. The van der Waals surface area contributed by atoms with Gasteiger partial charge in [-0.3, -0.25) is 9.59 Å². The molecule has 0 aliphatic rings. The number of benzene rings is 1. The number of carboxylic acids is 1. The van der Waals surface area contributed by atoms with Crippen LogP contribution in [0.1, 0.15) is 6.92 Å². The van der Waals surface area contributed by atoms with E-state index in [1.807, 2.05) is 0 Å². The second kappa shape index (κ2) is 8.25. The molecule has 1 unspecified atom stereocenters. The Labute approximate surface area is 130 Å². The monoisotopic (exact) mass is 335 g/mol. The lowest BCUT2D eigenvalue weighted by Gasteiger charge is -2.14. The van der Waals surface area contributed by atoms with Gasteiger partial charge < -0.3 is 19.9 Å². The van der Waals surface area contributed by atoms with Crippen molar-refractivity contribution >= 4 is 11.9 Å². The molecule has 23 heavy (non-hydrogen) atoms. The fourth-order valence-corrected chi connectivity index (χ4v) is 1.40. The van der Waals surface area contributed by atoms with Crippen LogP contribution in [0.5, 0.6) is 11.5 Å². The van der Waals surface area contributed by atoms with Crippen molar-refractivity contribution < 1.29 is 37.3 Å². The van der Waals surface area contributed by atoms with E-state index in [4.69, 9.17) is 9.84 Å². The van der Waals surface area contributed by atoms with Crippen LogP contribution in [0.25, 0.3) is 0 Å². The Kier molecular flexibility index (Phi) is 6.67. The van der Waals surface area contributed by atoms with Crippen molar-refractivity contribution in [2.45, 2.75) is 13.1 Å². The Balaban J connectivity index is 2.51. The average Bonchev–Trinajstić information content (AvgIpc) is 2.48. The van der Waals surface area contributed by atoms with Crippen molar-refractivity contribution in [1.82, 2.24) is 5.32 Å². The lowest BCUT2D eigenvalue weighted by atomic mass is 10.2. The highest BCUT2D eigenvalue weighted by Crippen LogP contribution is 2.28. The van der Waals surface area contributed by atoms with E-state index >= 15 is 0 Å². The molecule has 0 saturated heterocycles. The first-order chi connectivity index (χ1) is 10.7. The maximum Gasteiger partial charge on any atom is 0.422 e. The van der Waals surface area contributed by atoms with Gasteiger partial charge in [0.2, 0.25) is 0 Å². The van der Waals surface area contributed by atoms with Crippen LogP contribution in [0.3, 0.4) is 0 Å². The summed E-state index contributed by atoms with van der Waals surface area (Å²) in [5.41, 5.74) is 0. The summed E-state index contributed by atoms with van der Waals surface area (Å²) in [4.78, 5) is 22.1. The summed E-state index contributed by atoms with van der Waals surface area (Å²) >= 11 is 0. The highest BCUT2D eigenvalue weighted by atomic mass is 19.4. The Morgan fingerprint density at radius 3 is 2.30 bits per heavy atom. The largest absolute Gasteiger partial charge is 0.481 e. The fourth-order valence-electron chi connectivity index (χ4n) is 1.40. The normalized spacial score (nSPS) is 12.3. The minimum Gasteiger partial charge on any atom is -0.481 e. The Bertz CT molecular complexity index is 547. The third kappa shape index (κ3) is 7.39. The zero-order valence-electron chi connectivity index (χ0n) is 12.2. The molecule has 0 heterocycles. The van der Waals surface area contributed by atoms with Crippen LogP contribution >= 0.6 is 0 Å². The molecule has 0 aromatic heterocycles. The van der Waals surface area contributed by atoms with Crippen molar-refractivity contribution in [2.75, 3.05) is 19.8 Å². The third-order valence-electron chi connectivity index (χ3n) is 2.63. The predicted octanol–water partition coefficient (Wildman–Crippen LogP) is 1.84. The Morgan fingerprint density at radius 1 is 1.22 bits per heavy atom. The maximum absolute atomic E-state index is 12.2. The fraction of sp³-hybridized carbons (Fsp3) is 0.429. The molecule has 0 bridgehead atoms. The number of hydrogen-bond donors (Lipinski definition) is 2. The molecular weight excluding hydrogens is 319 g/mol. The number of carbonyl (C=O) groups is 2. The van der Waals surface area contributed by atoms with Gasteiger partial charge in [-0.2, -0.15) is 13.2 Å². The van der Waals surface area contributed by atoms with Crippen molar-refractivity contribution in [2.24, 2.45) is 5.92 Å². The molecule has 0 saturated carbocycles. The van der Waals surface area contributed by atoms with E-state index in [1.54, 1.807) is 0 Å². The molecule has 0 radical (unpaired) electrons. The third-order valence-corrected chi connectivity index (χ3v) is 2.63. The number of amides is 1. The first kappa shape index (κ1) is 18.6. The highest BCUT2D eigenvalue weighted by molar-refractivity contribution is 5.78. The molecule has 1 aromatic carbocycles. The number of alkyl halides is 3. The number of para-hydroxylation sites is 2. The van der Waals surface area contributed by atoms with Crippen LogP contribution in [0.2, 0.25) is 0 Å². The van der Waals surface area contributed by atoms with Crippen LogP contribution in [-0.4, -0.2) is 42.9 Å². The first-order valence-electron chi connectivity index (χ1n) is 6.60. The lowest BCUT2D eigenvalue weighted by molar-refractivity contribution is -0.153. The van der Waals surface area contributed by atoms with E-state index < -0.39 is 37.2 Å². The van der Waals surface area contributed by atoms with Gasteiger partial charge in [-0.15, -0.1) is 0 Å². The summed E-state index contributed by atoms with van der Waals surface area (Å²) in [6, 6.07) is 5.62. The van der Waals surface area contributed by atoms with Crippen molar-refractivity contribution in [3.63, 3.8) is 0 Å². The van der Waals surface area contributed by atoms with Crippen molar-refractivity contribution in [3.05, 3.63) is 24.3 Å². The second-order valence-corrected chi connectivity index (χ2v) is 4.68. The van der Waals surface area contributed by atoms with Gasteiger partial charge in [-0.1, -0.05) is 19.1 Å². The molecule has 0 fully saturated rings. The molecule has 128 valence electrons. The number of nitrogens with one attached hydrogen (secondary N) is 1. The second-order valence-electron chi connectivity index (χ2n) is 4.68. The molecule has 1 amide bonds. The number of hydrogen-bond acceptors (Lipinski definition) is 4. The van der Waals surface area contributed by atoms with E-state index in [1.165, 1.54) is 31.2 Å². The smallest absolute Gasteiger partial charge is 0.422 e. The van der Waals surface area contributed by atoms with Crippen LogP contribution in [0.4, 0.5) is 13.2 Å². The number of rotatable bonds is 8. The summed E-state index contributed by atoms with van der Waals surface area (Å²) in [5, 5.41) is 11.0. The number of ether oxygens (including phenoxy) is 2. The standard InChI is InChI=1S/C14H16F3NO5/c1-9(13(20)21)6-18-12(19)7-22-10-4-2-3-5-11(10)23-8-14(15,16)17/h2-5,9H,6-8H2,1H3,(H,18,19)(H,20,21). The van der Waals surface area contributed by atoms with Gasteiger partial charge in [0.15, 0.2) is 24.7 Å². The number of aliphatic carboxylic acids is 1. The molecule has 1 aromatic rings. The Hall–Kier alpha value is -2.45. The van der Waals surface area contributed by atoms with E-state index in [9.17, 15) is 22.8 Å². The summed E-state index contributed by atoms with van der Waals surface area (Å²) in [5.74, 6) is -2.57. The molecular formula is C14H16F3NO5. The molecule has 0 aliphatic heterocycles. The van der Waals surface area contributed by atoms with E-state index in [2.05, 4.69) is 10.1 Å². The minimum atomic E-state index is -4.49. The number of carboxylic acid groups (broad SMARTS) is 1. The molecule has 6 nitrogen and oxygen atoms in total. The molecule has 9 heteroatoms. The van der Waals surface area contributed by atoms with Gasteiger partial charge in [-0.25, -0.2) is 0 Å². The average molecular weight is 335 g/mol. The van der Waals surface area contributed by atoms with Gasteiger partial charge in [0.1, 0.15) is 0 Å². The number of halogens is 3. The summed E-state index contributed by atoms with van der Waals surface area (Å²) in [6.07, 6.45) is -4.49. The summed E-state index contributed by atoms with van der Waals surface area (Å²) in [7, 11) is 0. The van der Waals surface area contributed by atoms with E-state index in [0.29, 0.717) is 0 Å². The van der Waals surface area contributed by atoms with Gasteiger partial charge in [0, 0.05) is 6.54 Å². The van der Waals surface area contributed by atoms with Crippen LogP contribution in [-0.2, 0) is 9.59 Å². The SMILES string of the molecule is CC(CNC(=O)COc1ccccc1OCC(F)(F)F)C(=O)O. The minimum absolute atomic E-state index is 0.0156. The molecule has 1 rings (SSSR count). The van der Waals surface area contributed by atoms with E-state index in [-0.39, 0.29) is 18.0 Å². The van der Waals surface area contributed by atoms with Gasteiger partial charge in [-0.05, 0) is 12.1 Å².